The van der Waals surface area contributed by atoms with Crippen LogP contribution in [0, 0.1) is 5.92 Å². The highest BCUT2D eigenvalue weighted by Crippen LogP contribution is 2.25. The average molecular weight is 366 g/mol. The summed E-state index contributed by atoms with van der Waals surface area (Å²) in [5, 5.41) is 0. The Morgan fingerprint density at radius 2 is 1.62 bits per heavy atom. The first-order valence-electron chi connectivity index (χ1n) is 8.65. The zero-order chi connectivity index (χ0) is 18.8. The molecule has 1 heterocycles. The van der Waals surface area contributed by atoms with Crippen LogP contribution in [0.25, 0.3) is 0 Å². The predicted octanol–water partition coefficient (Wildman–Crippen LogP) is 2.08. The Morgan fingerprint density at radius 1 is 1.04 bits per heavy atom. The van der Waals surface area contributed by atoms with E-state index in [2.05, 4.69) is 0 Å². The molecule has 1 aromatic rings. The van der Waals surface area contributed by atoms with Crippen molar-refractivity contribution in [3.63, 3.8) is 0 Å². The minimum absolute atomic E-state index is 0.118. The van der Waals surface area contributed by atoms with E-state index in [0.717, 1.165) is 12.0 Å². The lowest BCUT2D eigenvalue weighted by Crippen LogP contribution is -2.51. The minimum Gasteiger partial charge on any atom is -0.460 e. The van der Waals surface area contributed by atoms with E-state index in [1.807, 2.05) is 30.3 Å². The highest BCUT2D eigenvalue weighted by molar-refractivity contribution is 5.66. The molecular formula is C19H26O7. The zero-order valence-electron chi connectivity index (χ0n) is 15.3. The second kappa shape index (κ2) is 10.3. The van der Waals surface area contributed by atoms with Crippen LogP contribution in [0.5, 0.6) is 0 Å². The van der Waals surface area contributed by atoms with E-state index in [-0.39, 0.29) is 19.1 Å². The Labute approximate surface area is 153 Å². The molecule has 1 aliphatic rings. The largest absolute Gasteiger partial charge is 0.460 e. The van der Waals surface area contributed by atoms with E-state index in [9.17, 15) is 9.59 Å². The molecule has 0 saturated carbocycles. The van der Waals surface area contributed by atoms with Gasteiger partial charge in [0.1, 0.15) is 13.2 Å². The van der Waals surface area contributed by atoms with Crippen molar-refractivity contribution in [2.45, 2.75) is 32.7 Å². The number of carbonyl (C=O) groups is 2. The van der Waals surface area contributed by atoms with Gasteiger partial charge in [0.15, 0.2) is 0 Å². The fourth-order valence-electron chi connectivity index (χ4n) is 2.44. The molecule has 26 heavy (non-hydrogen) atoms. The number of benzene rings is 1. The second-order valence-corrected chi connectivity index (χ2v) is 6.29. The molecule has 0 aromatic heterocycles. The van der Waals surface area contributed by atoms with Crippen molar-refractivity contribution in [2.75, 3.05) is 33.0 Å². The van der Waals surface area contributed by atoms with Gasteiger partial charge < -0.3 is 23.7 Å². The van der Waals surface area contributed by atoms with Gasteiger partial charge in [-0.3, -0.25) is 9.59 Å². The second-order valence-electron chi connectivity index (χ2n) is 6.29. The van der Waals surface area contributed by atoms with Crippen molar-refractivity contribution < 1.29 is 33.3 Å². The highest BCUT2D eigenvalue weighted by Gasteiger charge is 2.40. The molecule has 7 heteroatoms. The van der Waals surface area contributed by atoms with Crippen LogP contribution in [0.3, 0.4) is 0 Å². The summed E-state index contributed by atoms with van der Waals surface area (Å²) in [6.07, 6.45) is 0.782. The highest BCUT2D eigenvalue weighted by atomic mass is 16.7. The lowest BCUT2D eigenvalue weighted by Gasteiger charge is -2.38. The summed E-state index contributed by atoms with van der Waals surface area (Å²) in [5.41, 5.74) is 1.13. The van der Waals surface area contributed by atoms with Crippen molar-refractivity contribution in [3.8, 4) is 0 Å². The predicted molar refractivity (Wildman–Crippen MR) is 92.1 cm³/mol. The average Bonchev–Trinajstić information content (AvgIpc) is 2.64. The molecule has 0 unspecified atom stereocenters. The van der Waals surface area contributed by atoms with Gasteiger partial charge in [-0.2, -0.15) is 0 Å². The molecule has 1 saturated heterocycles. The van der Waals surface area contributed by atoms with Gasteiger partial charge in [-0.25, -0.2) is 0 Å². The SMILES string of the molecule is CC(=O)OCC1(COC(C)=O)OCC(CCOCc2ccccc2)CO1. The van der Waals surface area contributed by atoms with Gasteiger partial charge in [0.2, 0.25) is 5.79 Å². The maximum atomic E-state index is 11.1. The molecule has 0 spiro atoms. The Hall–Kier alpha value is -1.96. The van der Waals surface area contributed by atoms with E-state index in [1.54, 1.807) is 0 Å². The molecule has 7 nitrogen and oxygen atoms in total. The van der Waals surface area contributed by atoms with Crippen LogP contribution in [0.1, 0.15) is 25.8 Å². The van der Waals surface area contributed by atoms with E-state index < -0.39 is 17.7 Å². The summed E-state index contributed by atoms with van der Waals surface area (Å²) in [6.45, 7) is 4.35. The summed E-state index contributed by atoms with van der Waals surface area (Å²) in [5.74, 6) is -1.97. The van der Waals surface area contributed by atoms with Crippen molar-refractivity contribution in [1.82, 2.24) is 0 Å². The monoisotopic (exact) mass is 366 g/mol. The molecule has 2 rings (SSSR count). The normalized spacial score (nSPS) is 16.8. The van der Waals surface area contributed by atoms with E-state index in [0.29, 0.717) is 26.4 Å². The Balaban J connectivity index is 1.73. The van der Waals surface area contributed by atoms with E-state index in [1.165, 1.54) is 13.8 Å². The lowest BCUT2D eigenvalue weighted by molar-refractivity contribution is -0.312. The van der Waals surface area contributed by atoms with Crippen LogP contribution >= 0.6 is 0 Å². The third-order valence-electron chi connectivity index (χ3n) is 3.94. The standard InChI is InChI=1S/C19H26O7/c1-15(20)23-13-19(14-24-16(2)21)25-11-18(12-26-19)8-9-22-10-17-6-4-3-5-7-17/h3-7,18H,8-14H2,1-2H3. The van der Waals surface area contributed by atoms with Crippen molar-refractivity contribution in [3.05, 3.63) is 35.9 Å². The Morgan fingerprint density at radius 3 is 2.15 bits per heavy atom. The third-order valence-corrected chi connectivity index (χ3v) is 3.94. The molecule has 144 valence electrons. The van der Waals surface area contributed by atoms with Gasteiger partial charge in [0, 0.05) is 26.4 Å². The summed E-state index contributed by atoms with van der Waals surface area (Å²) in [7, 11) is 0. The van der Waals surface area contributed by atoms with Gasteiger partial charge in [-0.15, -0.1) is 0 Å². The summed E-state index contributed by atoms with van der Waals surface area (Å²) in [4.78, 5) is 22.1. The molecule has 0 bridgehead atoms. The van der Waals surface area contributed by atoms with Crippen LogP contribution in [0.4, 0.5) is 0 Å². The topological polar surface area (TPSA) is 80.3 Å². The van der Waals surface area contributed by atoms with Gasteiger partial charge in [-0.05, 0) is 12.0 Å². The van der Waals surface area contributed by atoms with Crippen LogP contribution in [-0.2, 0) is 39.9 Å². The summed E-state index contributed by atoms with van der Waals surface area (Å²) >= 11 is 0. The summed E-state index contributed by atoms with van der Waals surface area (Å²) < 4.78 is 27.2. The molecule has 1 aliphatic heterocycles. The quantitative estimate of drug-likeness (QED) is 0.489. The molecule has 0 radical (unpaired) electrons. The minimum atomic E-state index is -1.24. The zero-order valence-corrected chi connectivity index (χ0v) is 15.3. The number of hydrogen-bond acceptors (Lipinski definition) is 7. The van der Waals surface area contributed by atoms with Gasteiger partial charge >= 0.3 is 11.9 Å². The number of carbonyl (C=O) groups excluding carboxylic acids is 2. The van der Waals surface area contributed by atoms with Crippen LogP contribution in [-0.4, -0.2) is 50.8 Å². The van der Waals surface area contributed by atoms with E-state index in [4.69, 9.17) is 23.7 Å². The lowest BCUT2D eigenvalue weighted by atomic mass is 10.1. The fourth-order valence-corrected chi connectivity index (χ4v) is 2.44. The van der Waals surface area contributed by atoms with Gasteiger partial charge in [0.05, 0.1) is 19.8 Å². The molecule has 0 aliphatic carbocycles. The molecule has 1 fully saturated rings. The Bertz CT molecular complexity index is 545. The first kappa shape index (κ1) is 20.4. The van der Waals surface area contributed by atoms with Crippen molar-refractivity contribution in [2.24, 2.45) is 5.92 Å². The van der Waals surface area contributed by atoms with Gasteiger partial charge in [0.25, 0.3) is 0 Å². The number of hydrogen-bond donors (Lipinski definition) is 0. The van der Waals surface area contributed by atoms with Gasteiger partial charge in [-0.1, -0.05) is 30.3 Å². The first-order chi connectivity index (χ1) is 12.5. The van der Waals surface area contributed by atoms with Crippen molar-refractivity contribution in [1.29, 1.82) is 0 Å². The molecule has 1 aromatic carbocycles. The third kappa shape index (κ3) is 7.11. The smallest absolute Gasteiger partial charge is 0.302 e. The van der Waals surface area contributed by atoms with Crippen molar-refractivity contribution >= 4 is 11.9 Å². The number of ether oxygens (including phenoxy) is 5. The molecule has 0 N–H and O–H groups in total. The van der Waals surface area contributed by atoms with Crippen LogP contribution in [0.2, 0.25) is 0 Å². The number of rotatable bonds is 9. The maximum absolute atomic E-state index is 11.1. The first-order valence-corrected chi connectivity index (χ1v) is 8.65. The summed E-state index contributed by atoms with van der Waals surface area (Å²) in [6, 6.07) is 9.97. The fraction of sp³-hybridized carbons (Fsp3) is 0.579. The van der Waals surface area contributed by atoms with Crippen LogP contribution in [0.15, 0.2) is 30.3 Å². The maximum Gasteiger partial charge on any atom is 0.302 e. The molecular weight excluding hydrogens is 340 g/mol. The molecule has 0 atom stereocenters. The van der Waals surface area contributed by atoms with Crippen LogP contribution < -0.4 is 0 Å². The molecule has 0 amide bonds. The Kier molecular flexibility index (Phi) is 8.03. The number of esters is 2. The van der Waals surface area contributed by atoms with E-state index >= 15 is 0 Å².